The second kappa shape index (κ2) is 9.39. The van der Waals surface area contributed by atoms with Gasteiger partial charge < -0.3 is 9.84 Å². The van der Waals surface area contributed by atoms with Gasteiger partial charge in [-0.25, -0.2) is 4.79 Å². The lowest BCUT2D eigenvalue weighted by Gasteiger charge is -2.10. The fourth-order valence-corrected chi connectivity index (χ4v) is 2.76. The van der Waals surface area contributed by atoms with E-state index >= 15 is 0 Å². The molecule has 3 heteroatoms. The molecule has 0 saturated heterocycles. The fraction of sp³-hybridized carbons (Fsp3) is 0.125. The Balaban J connectivity index is 1.56. The number of hydrogen-bond donors (Lipinski definition) is 1. The van der Waals surface area contributed by atoms with Crippen molar-refractivity contribution in [1.29, 1.82) is 0 Å². The summed E-state index contributed by atoms with van der Waals surface area (Å²) in [5.41, 5.74) is 3.69. The molecular formula is C24H22O3. The van der Waals surface area contributed by atoms with Gasteiger partial charge in [-0.15, -0.1) is 0 Å². The van der Waals surface area contributed by atoms with Crippen molar-refractivity contribution in [2.24, 2.45) is 0 Å². The van der Waals surface area contributed by atoms with E-state index < -0.39 is 5.97 Å². The lowest BCUT2D eigenvalue weighted by atomic mass is 10.1. The van der Waals surface area contributed by atoms with Gasteiger partial charge in [0.15, 0.2) is 0 Å². The van der Waals surface area contributed by atoms with Crippen molar-refractivity contribution < 1.29 is 14.6 Å². The molecule has 3 aromatic carbocycles. The molecule has 1 N–H and O–H groups in total. The Kier molecular flexibility index (Phi) is 6.42. The summed E-state index contributed by atoms with van der Waals surface area (Å²) >= 11 is 0. The molecule has 0 amide bonds. The van der Waals surface area contributed by atoms with Crippen LogP contribution in [0.3, 0.4) is 0 Å². The molecule has 3 aromatic rings. The summed E-state index contributed by atoms with van der Waals surface area (Å²) in [7, 11) is 0. The van der Waals surface area contributed by atoms with Gasteiger partial charge in [0.2, 0.25) is 0 Å². The average Bonchev–Trinajstić information content (AvgIpc) is 2.71. The molecule has 3 rings (SSSR count). The van der Waals surface area contributed by atoms with Gasteiger partial charge in [0.1, 0.15) is 12.4 Å². The van der Waals surface area contributed by atoms with Gasteiger partial charge in [-0.3, -0.25) is 0 Å². The van der Waals surface area contributed by atoms with Crippen molar-refractivity contribution in [2.75, 3.05) is 0 Å². The van der Waals surface area contributed by atoms with Crippen molar-refractivity contribution in [3.8, 4) is 5.75 Å². The first-order valence-corrected chi connectivity index (χ1v) is 8.94. The summed E-state index contributed by atoms with van der Waals surface area (Å²) in [5, 5.41) is 8.93. The molecule has 0 aliphatic heterocycles. The van der Waals surface area contributed by atoms with Gasteiger partial charge in [-0.2, -0.15) is 0 Å². The molecule has 27 heavy (non-hydrogen) atoms. The number of aromatic carboxylic acids is 1. The summed E-state index contributed by atoms with van der Waals surface area (Å²) < 4.78 is 5.98. The van der Waals surface area contributed by atoms with E-state index in [0.717, 1.165) is 35.3 Å². The number of carbonyl (C=O) groups is 1. The van der Waals surface area contributed by atoms with Crippen LogP contribution in [0.1, 0.15) is 27.0 Å². The highest BCUT2D eigenvalue weighted by molar-refractivity contribution is 5.87. The number of ether oxygens (including phenoxy) is 1. The fourth-order valence-electron chi connectivity index (χ4n) is 2.76. The number of carboxylic acid groups (broad SMARTS) is 1. The summed E-state index contributed by atoms with van der Waals surface area (Å²) in [6.45, 7) is 0.553. The van der Waals surface area contributed by atoms with Crippen molar-refractivity contribution in [3.63, 3.8) is 0 Å². The zero-order chi connectivity index (χ0) is 18.9. The van der Waals surface area contributed by atoms with Crippen LogP contribution in [0.2, 0.25) is 0 Å². The molecule has 0 saturated carbocycles. The molecule has 0 atom stereocenters. The van der Waals surface area contributed by atoms with Crippen LogP contribution in [-0.4, -0.2) is 11.1 Å². The van der Waals surface area contributed by atoms with E-state index in [1.54, 1.807) is 12.1 Å². The van der Waals surface area contributed by atoms with Crippen LogP contribution in [0.5, 0.6) is 5.75 Å². The Morgan fingerprint density at radius 2 is 1.44 bits per heavy atom. The molecule has 0 radical (unpaired) electrons. The lowest BCUT2D eigenvalue weighted by molar-refractivity contribution is 0.0697. The predicted octanol–water partition coefficient (Wildman–Crippen LogP) is 5.31. The van der Waals surface area contributed by atoms with Gasteiger partial charge >= 0.3 is 5.97 Å². The first-order chi connectivity index (χ1) is 13.2. The monoisotopic (exact) mass is 358 g/mol. The molecule has 0 spiro atoms. The normalized spacial score (nSPS) is 10.8. The molecule has 136 valence electrons. The SMILES string of the molecule is O=C(O)c1ccc(C/C=C/Cc2ccccc2OCc2ccccc2)cc1. The maximum Gasteiger partial charge on any atom is 0.335 e. The Bertz CT molecular complexity index is 896. The minimum Gasteiger partial charge on any atom is -0.489 e. The van der Waals surface area contributed by atoms with Crippen LogP contribution in [0.15, 0.2) is 91.0 Å². The predicted molar refractivity (Wildman–Crippen MR) is 107 cm³/mol. The van der Waals surface area contributed by atoms with E-state index in [1.165, 1.54) is 0 Å². The van der Waals surface area contributed by atoms with Gasteiger partial charge in [-0.1, -0.05) is 72.8 Å². The number of para-hydroxylation sites is 1. The zero-order valence-electron chi connectivity index (χ0n) is 15.0. The van der Waals surface area contributed by atoms with Crippen LogP contribution in [0, 0.1) is 0 Å². The minimum atomic E-state index is -0.899. The highest BCUT2D eigenvalue weighted by atomic mass is 16.5. The standard InChI is InChI=1S/C24H22O3/c25-24(26)22-16-14-19(15-17-22)8-4-5-11-21-12-6-7-13-23(21)27-18-20-9-2-1-3-10-20/h1-7,9-10,12-17H,8,11,18H2,(H,25,26)/b5-4+. The first-order valence-electron chi connectivity index (χ1n) is 8.94. The summed E-state index contributed by atoms with van der Waals surface area (Å²) in [6.07, 6.45) is 5.78. The maximum atomic E-state index is 10.9. The first kappa shape index (κ1) is 18.5. The van der Waals surface area contributed by atoms with Crippen molar-refractivity contribution >= 4 is 5.97 Å². The van der Waals surface area contributed by atoms with E-state index in [1.807, 2.05) is 48.5 Å². The number of hydrogen-bond acceptors (Lipinski definition) is 2. The number of benzene rings is 3. The van der Waals surface area contributed by atoms with E-state index in [-0.39, 0.29) is 0 Å². The Hall–Kier alpha value is -3.33. The minimum absolute atomic E-state index is 0.312. The molecule has 0 unspecified atom stereocenters. The van der Waals surface area contributed by atoms with Crippen LogP contribution in [0.4, 0.5) is 0 Å². The van der Waals surface area contributed by atoms with Gasteiger partial charge in [0, 0.05) is 0 Å². The summed E-state index contributed by atoms with van der Waals surface area (Å²) in [6, 6.07) is 25.2. The molecule has 0 fully saturated rings. The van der Waals surface area contributed by atoms with Crippen molar-refractivity contribution in [2.45, 2.75) is 19.4 Å². The molecule has 0 aliphatic carbocycles. The van der Waals surface area contributed by atoms with Crippen LogP contribution >= 0.6 is 0 Å². The zero-order valence-corrected chi connectivity index (χ0v) is 15.0. The van der Waals surface area contributed by atoms with E-state index in [4.69, 9.17) is 9.84 Å². The number of carboxylic acids is 1. The van der Waals surface area contributed by atoms with Crippen molar-refractivity contribution in [1.82, 2.24) is 0 Å². The maximum absolute atomic E-state index is 10.9. The molecule has 3 nitrogen and oxygen atoms in total. The second-order valence-electron chi connectivity index (χ2n) is 6.26. The Morgan fingerprint density at radius 3 is 2.19 bits per heavy atom. The van der Waals surface area contributed by atoms with E-state index in [2.05, 4.69) is 30.4 Å². The van der Waals surface area contributed by atoms with Gasteiger partial charge in [0.25, 0.3) is 0 Å². The topological polar surface area (TPSA) is 46.5 Å². The molecule has 0 bridgehead atoms. The molecular weight excluding hydrogens is 336 g/mol. The van der Waals surface area contributed by atoms with Crippen LogP contribution in [0.25, 0.3) is 0 Å². The van der Waals surface area contributed by atoms with Crippen LogP contribution in [-0.2, 0) is 19.4 Å². The van der Waals surface area contributed by atoms with E-state index in [0.29, 0.717) is 12.2 Å². The Labute approximate surface area is 159 Å². The molecule has 0 aromatic heterocycles. The van der Waals surface area contributed by atoms with Gasteiger partial charge in [-0.05, 0) is 47.7 Å². The highest BCUT2D eigenvalue weighted by Crippen LogP contribution is 2.20. The lowest BCUT2D eigenvalue weighted by Crippen LogP contribution is -1.98. The smallest absolute Gasteiger partial charge is 0.335 e. The number of rotatable bonds is 8. The quantitative estimate of drug-likeness (QED) is 0.555. The summed E-state index contributed by atoms with van der Waals surface area (Å²) in [5.74, 6) is 0.000941. The summed E-state index contributed by atoms with van der Waals surface area (Å²) in [4.78, 5) is 10.9. The molecule has 0 heterocycles. The third-order valence-corrected chi connectivity index (χ3v) is 4.27. The second-order valence-corrected chi connectivity index (χ2v) is 6.26. The van der Waals surface area contributed by atoms with Crippen molar-refractivity contribution in [3.05, 3.63) is 113 Å². The van der Waals surface area contributed by atoms with Crippen LogP contribution < -0.4 is 4.74 Å². The highest BCUT2D eigenvalue weighted by Gasteiger charge is 2.03. The van der Waals surface area contributed by atoms with E-state index in [9.17, 15) is 4.79 Å². The van der Waals surface area contributed by atoms with Gasteiger partial charge in [0.05, 0.1) is 5.56 Å². The third kappa shape index (κ3) is 5.58. The third-order valence-electron chi connectivity index (χ3n) is 4.27. The number of allylic oxidation sites excluding steroid dienone is 2. The molecule has 0 aliphatic rings. The average molecular weight is 358 g/mol. The largest absolute Gasteiger partial charge is 0.489 e. The Morgan fingerprint density at radius 1 is 0.778 bits per heavy atom.